The Morgan fingerprint density at radius 2 is 2.14 bits per heavy atom. The zero-order valence-corrected chi connectivity index (χ0v) is 9.77. The molecule has 0 radical (unpaired) electrons. The van der Waals surface area contributed by atoms with Crippen molar-refractivity contribution in [2.75, 3.05) is 19.6 Å². The van der Waals surface area contributed by atoms with Gasteiger partial charge < -0.3 is 10.6 Å². The average molecular weight is 196 g/mol. The lowest BCUT2D eigenvalue weighted by molar-refractivity contribution is 0.0733. The third kappa shape index (κ3) is 1.82. The molecule has 2 heteroatoms. The highest BCUT2D eigenvalue weighted by Crippen LogP contribution is 2.39. The molecule has 0 amide bonds. The van der Waals surface area contributed by atoms with Crippen molar-refractivity contribution in [1.82, 2.24) is 10.6 Å². The van der Waals surface area contributed by atoms with Crippen molar-refractivity contribution in [1.29, 1.82) is 0 Å². The van der Waals surface area contributed by atoms with Gasteiger partial charge in [-0.2, -0.15) is 0 Å². The molecule has 2 aliphatic heterocycles. The van der Waals surface area contributed by atoms with Crippen LogP contribution in [0.5, 0.6) is 0 Å². The number of rotatable bonds is 1. The van der Waals surface area contributed by atoms with Gasteiger partial charge in [-0.3, -0.25) is 0 Å². The van der Waals surface area contributed by atoms with E-state index in [9.17, 15) is 0 Å². The number of hydrogen-bond donors (Lipinski definition) is 2. The summed E-state index contributed by atoms with van der Waals surface area (Å²) in [5.74, 6) is 1.66. The molecular weight excluding hydrogens is 172 g/mol. The summed E-state index contributed by atoms with van der Waals surface area (Å²) in [6.07, 6.45) is 2.72. The second-order valence-corrected chi connectivity index (χ2v) is 5.75. The number of nitrogens with one attached hydrogen (secondary N) is 2. The highest BCUT2D eigenvalue weighted by atomic mass is 15.0. The van der Waals surface area contributed by atoms with E-state index in [1.165, 1.54) is 32.5 Å². The Morgan fingerprint density at radius 3 is 2.86 bits per heavy atom. The van der Waals surface area contributed by atoms with Gasteiger partial charge in [0.05, 0.1) is 0 Å². The fraction of sp³-hybridized carbons (Fsp3) is 1.00. The Balaban J connectivity index is 2.02. The first kappa shape index (κ1) is 10.4. The maximum absolute atomic E-state index is 3.75. The van der Waals surface area contributed by atoms with Gasteiger partial charge in [0.25, 0.3) is 0 Å². The molecule has 2 nitrogen and oxygen atoms in total. The van der Waals surface area contributed by atoms with Crippen LogP contribution in [0.2, 0.25) is 0 Å². The average Bonchev–Trinajstić information content (AvgIpc) is 2.17. The van der Waals surface area contributed by atoms with Gasteiger partial charge >= 0.3 is 0 Å². The summed E-state index contributed by atoms with van der Waals surface area (Å²) in [5, 5.41) is 7.27. The Bertz CT molecular complexity index is 202. The number of piperidine rings is 2. The van der Waals surface area contributed by atoms with Crippen molar-refractivity contribution in [2.45, 2.75) is 39.7 Å². The lowest BCUT2D eigenvalue weighted by atomic mass is 9.67. The molecule has 2 heterocycles. The third-order valence-corrected chi connectivity index (χ3v) is 4.50. The monoisotopic (exact) mass is 196 g/mol. The van der Waals surface area contributed by atoms with Crippen molar-refractivity contribution in [3.05, 3.63) is 0 Å². The van der Waals surface area contributed by atoms with Gasteiger partial charge in [-0.25, -0.2) is 0 Å². The van der Waals surface area contributed by atoms with Crippen molar-refractivity contribution in [3.63, 3.8) is 0 Å². The van der Waals surface area contributed by atoms with E-state index in [4.69, 9.17) is 0 Å². The zero-order valence-electron chi connectivity index (χ0n) is 9.77. The van der Waals surface area contributed by atoms with E-state index in [2.05, 4.69) is 31.4 Å². The van der Waals surface area contributed by atoms with Crippen LogP contribution in [0.4, 0.5) is 0 Å². The van der Waals surface area contributed by atoms with E-state index in [-0.39, 0.29) is 0 Å². The van der Waals surface area contributed by atoms with Crippen molar-refractivity contribution in [3.8, 4) is 0 Å². The normalized spacial score (nSPS) is 43.7. The molecule has 0 aromatic rings. The van der Waals surface area contributed by atoms with Crippen LogP contribution in [0.3, 0.4) is 0 Å². The first-order chi connectivity index (χ1) is 6.62. The fourth-order valence-electron chi connectivity index (χ4n) is 2.88. The van der Waals surface area contributed by atoms with E-state index in [1.807, 2.05) is 0 Å². The van der Waals surface area contributed by atoms with E-state index >= 15 is 0 Å². The summed E-state index contributed by atoms with van der Waals surface area (Å²) in [6, 6.07) is 0.795. The van der Waals surface area contributed by atoms with Crippen LogP contribution in [0.15, 0.2) is 0 Å². The molecule has 0 bridgehead atoms. The third-order valence-electron chi connectivity index (χ3n) is 4.50. The summed E-state index contributed by atoms with van der Waals surface area (Å²) >= 11 is 0. The van der Waals surface area contributed by atoms with Gasteiger partial charge in [-0.15, -0.1) is 0 Å². The molecule has 0 spiro atoms. The lowest BCUT2D eigenvalue weighted by Crippen LogP contribution is -2.57. The van der Waals surface area contributed by atoms with E-state index in [0.29, 0.717) is 5.41 Å². The standard InChI is InChI=1S/C12H24N2/c1-9(2)12(3)6-10-7-13-5-4-11(10)14-8-12/h9-11,13-14H,4-8H2,1-3H3. The minimum Gasteiger partial charge on any atom is -0.316 e. The summed E-state index contributed by atoms with van der Waals surface area (Å²) in [5.41, 5.74) is 0.514. The predicted octanol–water partition coefficient (Wildman–Crippen LogP) is 1.62. The van der Waals surface area contributed by atoms with Gasteiger partial charge in [0.1, 0.15) is 0 Å². The fourth-order valence-corrected chi connectivity index (χ4v) is 2.88. The quantitative estimate of drug-likeness (QED) is 0.666. The molecule has 82 valence electrons. The van der Waals surface area contributed by atoms with Crippen LogP contribution in [0.1, 0.15) is 33.6 Å². The molecule has 2 fully saturated rings. The van der Waals surface area contributed by atoms with Gasteiger partial charge in [0.2, 0.25) is 0 Å². The maximum atomic E-state index is 3.75. The molecule has 2 N–H and O–H groups in total. The molecule has 0 aliphatic carbocycles. The first-order valence-electron chi connectivity index (χ1n) is 6.06. The van der Waals surface area contributed by atoms with E-state index < -0.39 is 0 Å². The lowest BCUT2D eigenvalue weighted by Gasteiger charge is -2.47. The molecule has 3 atom stereocenters. The highest BCUT2D eigenvalue weighted by molar-refractivity contribution is 4.95. The number of hydrogen-bond acceptors (Lipinski definition) is 2. The molecule has 3 unspecified atom stereocenters. The molecule has 0 aromatic carbocycles. The van der Waals surface area contributed by atoms with E-state index in [0.717, 1.165) is 17.9 Å². The minimum atomic E-state index is 0.514. The Morgan fingerprint density at radius 1 is 1.36 bits per heavy atom. The molecule has 2 rings (SSSR count). The van der Waals surface area contributed by atoms with Gasteiger partial charge in [0.15, 0.2) is 0 Å². The molecule has 0 aromatic heterocycles. The molecule has 2 saturated heterocycles. The Hall–Kier alpha value is -0.0800. The van der Waals surface area contributed by atoms with Crippen LogP contribution in [-0.4, -0.2) is 25.7 Å². The van der Waals surface area contributed by atoms with Gasteiger partial charge in [-0.05, 0) is 43.2 Å². The molecule has 0 saturated carbocycles. The Labute approximate surface area is 87.8 Å². The highest BCUT2D eigenvalue weighted by Gasteiger charge is 2.39. The van der Waals surface area contributed by atoms with Crippen LogP contribution >= 0.6 is 0 Å². The first-order valence-corrected chi connectivity index (χ1v) is 6.06. The topological polar surface area (TPSA) is 24.1 Å². The Kier molecular flexibility index (Phi) is 2.85. The summed E-state index contributed by atoms with van der Waals surface area (Å²) in [7, 11) is 0. The van der Waals surface area contributed by atoms with Gasteiger partial charge in [0, 0.05) is 12.6 Å². The molecule has 2 aliphatic rings. The smallest absolute Gasteiger partial charge is 0.0120 e. The van der Waals surface area contributed by atoms with Crippen LogP contribution in [0.25, 0.3) is 0 Å². The van der Waals surface area contributed by atoms with Crippen LogP contribution in [0, 0.1) is 17.3 Å². The summed E-state index contributed by atoms with van der Waals surface area (Å²) in [4.78, 5) is 0. The second kappa shape index (κ2) is 3.82. The van der Waals surface area contributed by atoms with Crippen LogP contribution in [-0.2, 0) is 0 Å². The minimum absolute atomic E-state index is 0.514. The summed E-state index contributed by atoms with van der Waals surface area (Å²) < 4.78 is 0. The van der Waals surface area contributed by atoms with E-state index in [1.54, 1.807) is 0 Å². The van der Waals surface area contributed by atoms with Crippen molar-refractivity contribution < 1.29 is 0 Å². The molecular formula is C12H24N2. The summed E-state index contributed by atoms with van der Waals surface area (Å²) in [6.45, 7) is 10.8. The predicted molar refractivity (Wildman–Crippen MR) is 60.3 cm³/mol. The van der Waals surface area contributed by atoms with Crippen molar-refractivity contribution in [2.24, 2.45) is 17.3 Å². The number of fused-ring (bicyclic) bond motifs is 1. The van der Waals surface area contributed by atoms with Gasteiger partial charge in [-0.1, -0.05) is 20.8 Å². The largest absolute Gasteiger partial charge is 0.316 e. The zero-order chi connectivity index (χ0) is 10.2. The SMILES string of the molecule is CC(C)C1(C)CNC2CCNCC2C1. The van der Waals surface area contributed by atoms with Crippen LogP contribution < -0.4 is 10.6 Å². The van der Waals surface area contributed by atoms with Crippen molar-refractivity contribution >= 4 is 0 Å². The molecule has 14 heavy (non-hydrogen) atoms. The second-order valence-electron chi connectivity index (χ2n) is 5.75. The maximum Gasteiger partial charge on any atom is 0.0120 e.